The van der Waals surface area contributed by atoms with E-state index in [-0.39, 0.29) is 0 Å². The van der Waals surface area contributed by atoms with Crippen LogP contribution in [0.5, 0.6) is 0 Å². The van der Waals surface area contributed by atoms with Gasteiger partial charge in [-0.1, -0.05) is 97.3 Å². The van der Waals surface area contributed by atoms with Crippen molar-refractivity contribution >= 4 is 5.71 Å². The Bertz CT molecular complexity index is 272. The Morgan fingerprint density at radius 1 is 0.652 bits per heavy atom. The van der Waals surface area contributed by atoms with E-state index in [1.165, 1.54) is 116 Å². The topological polar surface area (TPSA) is 12.4 Å². The highest BCUT2D eigenvalue weighted by atomic mass is 14.8. The summed E-state index contributed by atoms with van der Waals surface area (Å²) in [6.45, 7) is 4.61. The molecule has 0 aromatic carbocycles. The van der Waals surface area contributed by atoms with Crippen LogP contribution in [-0.4, -0.2) is 11.8 Å². The number of hydrogen-bond donors (Lipinski definition) is 0. The second kappa shape index (κ2) is 15.2. The lowest BCUT2D eigenvalue weighted by Gasteiger charge is -2.17. The Balaban J connectivity index is 2.36. The fourth-order valence-corrected chi connectivity index (χ4v) is 3.83. The summed E-state index contributed by atoms with van der Waals surface area (Å²) < 4.78 is 0. The predicted octanol–water partition coefficient (Wildman–Crippen LogP) is 7.87. The highest BCUT2D eigenvalue weighted by molar-refractivity contribution is 5.84. The first kappa shape index (κ1) is 20.7. The van der Waals surface area contributed by atoms with Crippen molar-refractivity contribution in [2.75, 3.05) is 0 Å². The van der Waals surface area contributed by atoms with Crippen LogP contribution in [-0.2, 0) is 0 Å². The van der Waals surface area contributed by atoms with Crippen molar-refractivity contribution in [2.45, 2.75) is 135 Å². The van der Waals surface area contributed by atoms with Gasteiger partial charge in [0.2, 0.25) is 0 Å². The lowest BCUT2D eigenvalue weighted by atomic mass is 9.97. The van der Waals surface area contributed by atoms with Crippen molar-refractivity contribution in [3.63, 3.8) is 0 Å². The van der Waals surface area contributed by atoms with Crippen LogP contribution in [0.4, 0.5) is 0 Å². The van der Waals surface area contributed by atoms with Gasteiger partial charge in [-0.05, 0) is 32.1 Å². The van der Waals surface area contributed by atoms with Gasteiger partial charge in [-0.3, -0.25) is 4.99 Å². The van der Waals surface area contributed by atoms with Crippen LogP contribution in [0.25, 0.3) is 0 Å². The molecule has 0 radical (unpaired) electrons. The van der Waals surface area contributed by atoms with Gasteiger partial charge in [-0.25, -0.2) is 0 Å². The fraction of sp³-hybridized carbons (Fsp3) is 0.955. The van der Waals surface area contributed by atoms with Crippen molar-refractivity contribution in [1.29, 1.82) is 0 Å². The maximum Gasteiger partial charge on any atom is 0.0499 e. The Morgan fingerprint density at radius 2 is 1.22 bits per heavy atom. The zero-order valence-electron chi connectivity index (χ0n) is 16.3. The highest BCUT2D eigenvalue weighted by Crippen LogP contribution is 2.20. The van der Waals surface area contributed by atoms with E-state index in [1.54, 1.807) is 5.71 Å². The van der Waals surface area contributed by atoms with Crippen molar-refractivity contribution in [3.05, 3.63) is 0 Å². The number of rotatable bonds is 10. The molecule has 0 aromatic rings. The maximum atomic E-state index is 5.25. The summed E-state index contributed by atoms with van der Waals surface area (Å²) in [5, 5.41) is 0. The smallest absolute Gasteiger partial charge is 0.0499 e. The van der Waals surface area contributed by atoms with Crippen LogP contribution in [0, 0.1) is 0 Å². The molecule has 0 aromatic heterocycles. The van der Waals surface area contributed by atoms with E-state index in [9.17, 15) is 0 Å². The zero-order valence-corrected chi connectivity index (χ0v) is 16.3. The molecule has 0 saturated heterocycles. The molecule has 136 valence electrons. The summed E-state index contributed by atoms with van der Waals surface area (Å²) in [5.41, 5.74) is 1.55. The van der Waals surface area contributed by atoms with Gasteiger partial charge in [0.15, 0.2) is 0 Å². The molecule has 1 rings (SSSR count). The molecule has 0 N–H and O–H groups in total. The molecule has 1 fully saturated rings. The summed E-state index contributed by atoms with van der Waals surface area (Å²) in [6, 6.07) is 0.648. The lowest BCUT2D eigenvalue weighted by molar-refractivity contribution is 0.461. The summed E-state index contributed by atoms with van der Waals surface area (Å²) >= 11 is 0. The molecule has 0 unspecified atom stereocenters. The van der Waals surface area contributed by atoms with Gasteiger partial charge in [0.05, 0.1) is 0 Å². The first-order chi connectivity index (χ1) is 11.4. The molecule has 23 heavy (non-hydrogen) atoms. The molecule has 0 amide bonds. The van der Waals surface area contributed by atoms with Crippen molar-refractivity contribution in [2.24, 2.45) is 4.99 Å². The van der Waals surface area contributed by atoms with Crippen molar-refractivity contribution in [1.82, 2.24) is 0 Å². The summed E-state index contributed by atoms with van der Waals surface area (Å²) in [7, 11) is 0. The van der Waals surface area contributed by atoms with Crippen LogP contribution in [0.1, 0.15) is 129 Å². The standard InChI is InChI=1S/C22H43N/c1-3-5-6-7-11-14-18-21(17-4-2)23-22-19-15-12-9-8-10-13-16-20-22/h22H,3-20H2,1-2H3. The van der Waals surface area contributed by atoms with Gasteiger partial charge < -0.3 is 0 Å². The van der Waals surface area contributed by atoms with E-state index in [1.807, 2.05) is 0 Å². The van der Waals surface area contributed by atoms with Crippen LogP contribution in [0.3, 0.4) is 0 Å². The van der Waals surface area contributed by atoms with E-state index < -0.39 is 0 Å². The second-order valence-corrected chi connectivity index (χ2v) is 7.67. The van der Waals surface area contributed by atoms with Crippen molar-refractivity contribution in [3.8, 4) is 0 Å². The fourth-order valence-electron chi connectivity index (χ4n) is 3.83. The number of aliphatic imine (C=N–C) groups is 1. The monoisotopic (exact) mass is 321 g/mol. The predicted molar refractivity (Wildman–Crippen MR) is 106 cm³/mol. The van der Waals surface area contributed by atoms with E-state index in [4.69, 9.17) is 4.99 Å². The van der Waals surface area contributed by atoms with Crippen LogP contribution >= 0.6 is 0 Å². The first-order valence-electron chi connectivity index (χ1n) is 10.9. The summed E-state index contributed by atoms with van der Waals surface area (Å²) in [4.78, 5) is 5.25. The summed E-state index contributed by atoms with van der Waals surface area (Å²) in [6.07, 6.45) is 24.9. The van der Waals surface area contributed by atoms with Crippen molar-refractivity contribution < 1.29 is 0 Å². The zero-order chi connectivity index (χ0) is 16.6. The molecule has 1 aliphatic carbocycles. The van der Waals surface area contributed by atoms with E-state index in [0.717, 1.165) is 0 Å². The molecule has 1 aliphatic rings. The number of hydrogen-bond acceptors (Lipinski definition) is 1. The molecular formula is C22H43N. The quantitative estimate of drug-likeness (QED) is 0.287. The third kappa shape index (κ3) is 11.8. The SMILES string of the molecule is CCCCCCCCC(CCC)=NC1CCCCCCCCC1. The second-order valence-electron chi connectivity index (χ2n) is 7.67. The minimum absolute atomic E-state index is 0.648. The largest absolute Gasteiger partial charge is 0.291 e. The van der Waals surface area contributed by atoms with E-state index in [2.05, 4.69) is 13.8 Å². The third-order valence-electron chi connectivity index (χ3n) is 5.30. The van der Waals surface area contributed by atoms with Gasteiger partial charge in [-0.15, -0.1) is 0 Å². The number of nitrogens with zero attached hydrogens (tertiary/aromatic N) is 1. The molecule has 0 spiro atoms. The third-order valence-corrected chi connectivity index (χ3v) is 5.30. The molecule has 1 saturated carbocycles. The maximum absolute atomic E-state index is 5.25. The molecule has 0 heterocycles. The average molecular weight is 322 g/mol. The Kier molecular flexibility index (Phi) is 13.7. The van der Waals surface area contributed by atoms with Crippen LogP contribution < -0.4 is 0 Å². The van der Waals surface area contributed by atoms with Gasteiger partial charge in [0.1, 0.15) is 0 Å². The van der Waals surface area contributed by atoms with Gasteiger partial charge in [0, 0.05) is 11.8 Å². The highest BCUT2D eigenvalue weighted by Gasteiger charge is 2.10. The lowest BCUT2D eigenvalue weighted by Crippen LogP contribution is -2.11. The van der Waals surface area contributed by atoms with Crippen LogP contribution in [0.2, 0.25) is 0 Å². The molecular weight excluding hydrogens is 278 g/mol. The normalized spacial score (nSPS) is 19.0. The van der Waals surface area contributed by atoms with Gasteiger partial charge in [0.25, 0.3) is 0 Å². The Morgan fingerprint density at radius 3 is 1.83 bits per heavy atom. The minimum atomic E-state index is 0.648. The Labute approximate surface area is 146 Å². The molecule has 0 bridgehead atoms. The van der Waals surface area contributed by atoms with E-state index in [0.29, 0.717) is 6.04 Å². The van der Waals surface area contributed by atoms with Gasteiger partial charge >= 0.3 is 0 Å². The molecule has 1 nitrogen and oxygen atoms in total. The average Bonchev–Trinajstić information content (AvgIpc) is 2.56. The molecule has 0 aliphatic heterocycles. The minimum Gasteiger partial charge on any atom is -0.291 e. The molecule has 1 heteroatoms. The van der Waals surface area contributed by atoms with Gasteiger partial charge in [-0.2, -0.15) is 0 Å². The number of unbranched alkanes of at least 4 members (excludes halogenated alkanes) is 5. The summed E-state index contributed by atoms with van der Waals surface area (Å²) in [5.74, 6) is 0. The first-order valence-corrected chi connectivity index (χ1v) is 10.9. The molecule has 0 atom stereocenters. The Hall–Kier alpha value is -0.330. The van der Waals surface area contributed by atoms with Crippen LogP contribution in [0.15, 0.2) is 4.99 Å². The van der Waals surface area contributed by atoms with E-state index >= 15 is 0 Å².